The van der Waals surface area contributed by atoms with Gasteiger partial charge in [0.05, 0.1) is 6.10 Å². The van der Waals surface area contributed by atoms with E-state index in [1.165, 1.54) is 25.7 Å². The fourth-order valence-corrected chi connectivity index (χ4v) is 1.79. The molecule has 82 valence electrons. The van der Waals surface area contributed by atoms with Crippen molar-refractivity contribution in [3.63, 3.8) is 0 Å². The molecule has 0 spiro atoms. The predicted octanol–water partition coefficient (Wildman–Crippen LogP) is 2.50. The Balaban J connectivity index is 2.08. The molecule has 0 radical (unpaired) electrons. The Labute approximate surface area is 87.7 Å². The lowest BCUT2D eigenvalue weighted by atomic mass is 10.1. The number of hydrogen-bond acceptors (Lipinski definition) is 2. The van der Waals surface area contributed by atoms with Crippen LogP contribution in [0.5, 0.6) is 0 Å². The Morgan fingerprint density at radius 1 is 1.50 bits per heavy atom. The summed E-state index contributed by atoms with van der Waals surface area (Å²) in [6.07, 6.45) is 7.87. The second-order valence-corrected chi connectivity index (χ2v) is 4.19. The van der Waals surface area contributed by atoms with E-state index in [1.807, 2.05) is 0 Å². The Bertz CT molecular complexity index is 189. The lowest BCUT2D eigenvalue weighted by Gasteiger charge is -2.19. The molecule has 14 heavy (non-hydrogen) atoms. The van der Waals surface area contributed by atoms with Crippen LogP contribution in [0.2, 0.25) is 0 Å². The van der Waals surface area contributed by atoms with Crippen LogP contribution >= 0.6 is 0 Å². The van der Waals surface area contributed by atoms with Crippen LogP contribution in [-0.2, 0) is 4.74 Å². The van der Waals surface area contributed by atoms with E-state index < -0.39 is 0 Å². The summed E-state index contributed by atoms with van der Waals surface area (Å²) < 4.78 is 5.26. The highest BCUT2D eigenvalue weighted by Gasteiger charge is 2.10. The average molecular weight is 197 g/mol. The second-order valence-electron chi connectivity index (χ2n) is 4.19. The van der Waals surface area contributed by atoms with Gasteiger partial charge in [0.15, 0.2) is 0 Å². The van der Waals surface area contributed by atoms with Crippen LogP contribution in [0.4, 0.5) is 0 Å². The standard InChI is InChI=1S/C12H23NO/c1-10(11(2)14-3)13-9-8-12-6-4-5-7-12/h6,10-11,13H,4-5,7-9H2,1-3H3. The van der Waals surface area contributed by atoms with Gasteiger partial charge >= 0.3 is 0 Å². The fourth-order valence-electron chi connectivity index (χ4n) is 1.79. The third kappa shape index (κ3) is 3.81. The van der Waals surface area contributed by atoms with Gasteiger partial charge in [0.25, 0.3) is 0 Å². The molecule has 0 aromatic rings. The van der Waals surface area contributed by atoms with Crippen molar-refractivity contribution in [1.82, 2.24) is 5.32 Å². The van der Waals surface area contributed by atoms with E-state index in [-0.39, 0.29) is 0 Å². The molecule has 0 saturated carbocycles. The number of hydrogen-bond donors (Lipinski definition) is 1. The van der Waals surface area contributed by atoms with E-state index in [2.05, 4.69) is 25.2 Å². The molecule has 0 aliphatic heterocycles. The first kappa shape index (κ1) is 11.7. The van der Waals surface area contributed by atoms with Gasteiger partial charge < -0.3 is 10.1 Å². The van der Waals surface area contributed by atoms with Crippen LogP contribution in [0.1, 0.15) is 39.5 Å². The topological polar surface area (TPSA) is 21.3 Å². The molecule has 1 rings (SSSR count). The number of ether oxygens (including phenoxy) is 1. The molecule has 2 atom stereocenters. The molecule has 0 heterocycles. The van der Waals surface area contributed by atoms with Crippen molar-refractivity contribution in [2.45, 2.75) is 51.7 Å². The summed E-state index contributed by atoms with van der Waals surface area (Å²) in [5.41, 5.74) is 1.63. The zero-order valence-electron chi connectivity index (χ0n) is 9.68. The van der Waals surface area contributed by atoms with Crippen LogP contribution in [0.25, 0.3) is 0 Å². The van der Waals surface area contributed by atoms with Crippen LogP contribution in [0.3, 0.4) is 0 Å². The van der Waals surface area contributed by atoms with Crippen molar-refractivity contribution in [3.8, 4) is 0 Å². The van der Waals surface area contributed by atoms with Crippen molar-refractivity contribution in [2.75, 3.05) is 13.7 Å². The second kappa shape index (κ2) is 6.20. The van der Waals surface area contributed by atoms with Gasteiger partial charge in [0.1, 0.15) is 0 Å². The van der Waals surface area contributed by atoms with Gasteiger partial charge in [0, 0.05) is 13.2 Å². The molecule has 2 unspecified atom stereocenters. The minimum absolute atomic E-state index is 0.299. The SMILES string of the molecule is COC(C)C(C)NCCC1=CCCC1. The van der Waals surface area contributed by atoms with Crippen molar-refractivity contribution in [3.05, 3.63) is 11.6 Å². The molecule has 2 nitrogen and oxygen atoms in total. The fraction of sp³-hybridized carbons (Fsp3) is 0.833. The summed E-state index contributed by atoms with van der Waals surface area (Å²) in [6, 6.07) is 0.446. The van der Waals surface area contributed by atoms with Gasteiger partial charge in [-0.1, -0.05) is 11.6 Å². The van der Waals surface area contributed by atoms with E-state index in [4.69, 9.17) is 4.74 Å². The van der Waals surface area contributed by atoms with E-state index >= 15 is 0 Å². The van der Waals surface area contributed by atoms with E-state index in [0.29, 0.717) is 12.1 Å². The summed E-state index contributed by atoms with van der Waals surface area (Å²) >= 11 is 0. The van der Waals surface area contributed by atoms with Gasteiger partial charge in [-0.05, 0) is 46.1 Å². The van der Waals surface area contributed by atoms with E-state index in [9.17, 15) is 0 Å². The van der Waals surface area contributed by atoms with Crippen LogP contribution in [0.15, 0.2) is 11.6 Å². The number of allylic oxidation sites excluding steroid dienone is 1. The minimum Gasteiger partial charge on any atom is -0.380 e. The maximum atomic E-state index is 5.26. The van der Waals surface area contributed by atoms with Gasteiger partial charge in [-0.15, -0.1) is 0 Å². The summed E-state index contributed by atoms with van der Waals surface area (Å²) in [4.78, 5) is 0. The Hall–Kier alpha value is -0.340. The summed E-state index contributed by atoms with van der Waals surface area (Å²) in [7, 11) is 1.77. The molecule has 0 aromatic carbocycles. The average Bonchev–Trinajstić information content (AvgIpc) is 2.69. The van der Waals surface area contributed by atoms with Gasteiger partial charge in [-0.2, -0.15) is 0 Å². The normalized spacial score (nSPS) is 20.6. The van der Waals surface area contributed by atoms with Crippen LogP contribution < -0.4 is 5.32 Å². The lowest BCUT2D eigenvalue weighted by molar-refractivity contribution is 0.0890. The molecule has 0 amide bonds. The molecular weight excluding hydrogens is 174 g/mol. The molecule has 1 aliphatic rings. The van der Waals surface area contributed by atoms with Crippen molar-refractivity contribution in [1.29, 1.82) is 0 Å². The van der Waals surface area contributed by atoms with Gasteiger partial charge in [-0.25, -0.2) is 0 Å². The third-order valence-corrected chi connectivity index (χ3v) is 3.12. The quantitative estimate of drug-likeness (QED) is 0.661. The van der Waals surface area contributed by atoms with Crippen molar-refractivity contribution in [2.24, 2.45) is 0 Å². The molecule has 0 bridgehead atoms. The van der Waals surface area contributed by atoms with E-state index in [0.717, 1.165) is 6.54 Å². The number of rotatable bonds is 6. The predicted molar refractivity (Wildman–Crippen MR) is 60.5 cm³/mol. The minimum atomic E-state index is 0.299. The summed E-state index contributed by atoms with van der Waals surface area (Å²) in [5.74, 6) is 0. The molecule has 2 heteroatoms. The first-order chi connectivity index (χ1) is 6.74. The lowest BCUT2D eigenvalue weighted by Crippen LogP contribution is -2.37. The molecule has 0 saturated heterocycles. The molecule has 1 N–H and O–H groups in total. The molecular formula is C12H23NO. The van der Waals surface area contributed by atoms with E-state index in [1.54, 1.807) is 12.7 Å². The van der Waals surface area contributed by atoms with Crippen molar-refractivity contribution >= 4 is 0 Å². The molecule has 0 aromatic heterocycles. The highest BCUT2D eigenvalue weighted by atomic mass is 16.5. The third-order valence-electron chi connectivity index (χ3n) is 3.12. The largest absolute Gasteiger partial charge is 0.380 e. The van der Waals surface area contributed by atoms with Gasteiger partial charge in [0.2, 0.25) is 0 Å². The Morgan fingerprint density at radius 3 is 2.86 bits per heavy atom. The maximum absolute atomic E-state index is 5.26. The number of nitrogens with one attached hydrogen (secondary N) is 1. The summed E-state index contributed by atoms with van der Waals surface area (Å²) in [5, 5.41) is 3.49. The molecule has 1 aliphatic carbocycles. The zero-order valence-corrected chi connectivity index (χ0v) is 9.68. The van der Waals surface area contributed by atoms with Crippen LogP contribution in [-0.4, -0.2) is 25.8 Å². The maximum Gasteiger partial charge on any atom is 0.0693 e. The smallest absolute Gasteiger partial charge is 0.0693 e. The highest BCUT2D eigenvalue weighted by Crippen LogP contribution is 2.19. The van der Waals surface area contributed by atoms with Crippen molar-refractivity contribution < 1.29 is 4.74 Å². The Kier molecular flexibility index (Phi) is 5.20. The number of methoxy groups -OCH3 is 1. The zero-order chi connectivity index (χ0) is 10.4. The monoisotopic (exact) mass is 197 g/mol. The first-order valence-corrected chi connectivity index (χ1v) is 5.68. The Morgan fingerprint density at radius 2 is 2.29 bits per heavy atom. The summed E-state index contributed by atoms with van der Waals surface area (Å²) in [6.45, 7) is 5.37. The van der Waals surface area contributed by atoms with Gasteiger partial charge in [-0.3, -0.25) is 0 Å². The van der Waals surface area contributed by atoms with Crippen LogP contribution in [0, 0.1) is 0 Å². The highest BCUT2D eigenvalue weighted by molar-refractivity contribution is 5.07. The first-order valence-electron chi connectivity index (χ1n) is 5.68. The molecule has 0 fully saturated rings.